The molecule has 0 aliphatic heterocycles. The summed E-state index contributed by atoms with van der Waals surface area (Å²) in [5.74, 6) is 2.91. The number of hydrogen-bond donors (Lipinski definition) is 0. The maximum absolute atomic E-state index is 11.6. The van der Waals surface area contributed by atoms with Crippen molar-refractivity contribution < 1.29 is 8.42 Å². The van der Waals surface area contributed by atoms with Crippen LogP contribution < -0.4 is 0 Å². The van der Waals surface area contributed by atoms with E-state index in [-0.39, 0.29) is 0 Å². The summed E-state index contributed by atoms with van der Waals surface area (Å²) in [4.78, 5) is 0. The summed E-state index contributed by atoms with van der Waals surface area (Å²) in [7, 11) is -3.29. The van der Waals surface area contributed by atoms with Gasteiger partial charge in [0.1, 0.15) is 0 Å². The van der Waals surface area contributed by atoms with E-state index >= 15 is 0 Å². The summed E-state index contributed by atoms with van der Waals surface area (Å²) in [6, 6.07) is 12.2. The van der Waals surface area contributed by atoms with Crippen LogP contribution in [-0.2, 0) is 16.6 Å². The molecule has 1 aromatic carbocycles. The van der Waals surface area contributed by atoms with Gasteiger partial charge in [-0.25, -0.2) is 12.7 Å². The Bertz CT molecular complexity index is 512. The third-order valence-electron chi connectivity index (χ3n) is 2.43. The van der Waals surface area contributed by atoms with Crippen molar-refractivity contribution >= 4 is 10.0 Å². The number of sulfonamides is 1. The molecule has 0 atom stereocenters. The molecule has 0 unspecified atom stereocenters. The first-order valence-corrected chi connectivity index (χ1v) is 7.89. The van der Waals surface area contributed by atoms with E-state index < -0.39 is 10.0 Å². The van der Waals surface area contributed by atoms with Gasteiger partial charge in [0.15, 0.2) is 0 Å². The van der Waals surface area contributed by atoms with E-state index in [1.165, 1.54) is 10.6 Å². The van der Waals surface area contributed by atoms with Gasteiger partial charge in [-0.05, 0) is 12.0 Å². The summed E-state index contributed by atoms with van der Waals surface area (Å²) >= 11 is 0. The van der Waals surface area contributed by atoms with Gasteiger partial charge in [-0.3, -0.25) is 0 Å². The lowest BCUT2D eigenvalue weighted by Crippen LogP contribution is -2.24. The highest BCUT2D eigenvalue weighted by Gasteiger charge is 2.12. The second kappa shape index (κ2) is 7.07. The van der Waals surface area contributed by atoms with Crippen LogP contribution in [0.5, 0.6) is 0 Å². The maximum Gasteiger partial charge on any atom is 0.239 e. The van der Waals surface area contributed by atoms with Gasteiger partial charge in [0, 0.05) is 12.5 Å². The Balaban J connectivity index is 2.77. The third-order valence-corrected chi connectivity index (χ3v) is 3.45. The van der Waals surface area contributed by atoms with Gasteiger partial charge in [0.2, 0.25) is 10.0 Å². The molecule has 0 N–H and O–H groups in total. The number of hydrogen-bond acceptors (Lipinski definition) is 2. The SMILES string of the molecule is CCCCC#CN(Cc1ccccc1)S(C)(=O)=O. The van der Waals surface area contributed by atoms with Gasteiger partial charge in [0.05, 0.1) is 12.8 Å². The van der Waals surface area contributed by atoms with Crippen LogP contribution >= 0.6 is 0 Å². The molecular weight excluding hydrogens is 246 g/mol. The van der Waals surface area contributed by atoms with Crippen molar-refractivity contribution in [2.45, 2.75) is 32.7 Å². The minimum atomic E-state index is -3.29. The van der Waals surface area contributed by atoms with E-state index in [1.54, 1.807) is 0 Å². The number of unbranched alkanes of at least 4 members (excludes halogenated alkanes) is 2. The van der Waals surface area contributed by atoms with Crippen LogP contribution in [0.1, 0.15) is 31.7 Å². The molecule has 0 aromatic heterocycles. The van der Waals surface area contributed by atoms with Crippen LogP contribution in [-0.4, -0.2) is 19.0 Å². The van der Waals surface area contributed by atoms with E-state index in [0.717, 1.165) is 24.8 Å². The van der Waals surface area contributed by atoms with Crippen LogP contribution in [0.25, 0.3) is 0 Å². The summed E-state index contributed by atoms with van der Waals surface area (Å²) in [5.41, 5.74) is 0.938. The zero-order valence-electron chi connectivity index (χ0n) is 10.9. The second-order valence-corrected chi connectivity index (χ2v) is 6.05. The summed E-state index contributed by atoms with van der Waals surface area (Å²) in [6.45, 7) is 2.39. The normalized spacial score (nSPS) is 10.6. The lowest BCUT2D eigenvalue weighted by atomic mass is 10.2. The molecule has 98 valence electrons. The first kappa shape index (κ1) is 14.6. The molecule has 0 amide bonds. The van der Waals surface area contributed by atoms with E-state index in [9.17, 15) is 8.42 Å². The Morgan fingerprint density at radius 1 is 1.22 bits per heavy atom. The molecule has 0 spiro atoms. The zero-order valence-corrected chi connectivity index (χ0v) is 11.7. The predicted molar refractivity (Wildman–Crippen MR) is 74.1 cm³/mol. The smallest absolute Gasteiger partial charge is 0.224 e. The van der Waals surface area contributed by atoms with Crippen molar-refractivity contribution in [3.8, 4) is 12.0 Å². The highest BCUT2D eigenvalue weighted by Crippen LogP contribution is 2.07. The van der Waals surface area contributed by atoms with Gasteiger partial charge < -0.3 is 0 Å². The van der Waals surface area contributed by atoms with Crippen LogP contribution in [0.2, 0.25) is 0 Å². The van der Waals surface area contributed by atoms with Crippen molar-refractivity contribution in [3.05, 3.63) is 35.9 Å². The average molecular weight is 265 g/mol. The number of benzene rings is 1. The minimum absolute atomic E-state index is 0.304. The quantitative estimate of drug-likeness (QED) is 0.466. The summed E-state index contributed by atoms with van der Waals surface area (Å²) < 4.78 is 24.5. The van der Waals surface area contributed by atoms with Crippen molar-refractivity contribution in [2.24, 2.45) is 0 Å². The molecule has 18 heavy (non-hydrogen) atoms. The van der Waals surface area contributed by atoms with Crippen molar-refractivity contribution in [1.82, 2.24) is 4.31 Å². The molecule has 3 nitrogen and oxygen atoms in total. The van der Waals surface area contributed by atoms with Gasteiger partial charge in [0.25, 0.3) is 0 Å². The fourth-order valence-electron chi connectivity index (χ4n) is 1.40. The molecule has 1 rings (SSSR count). The topological polar surface area (TPSA) is 37.4 Å². The monoisotopic (exact) mass is 265 g/mol. The maximum atomic E-state index is 11.6. The first-order valence-electron chi connectivity index (χ1n) is 6.04. The fourth-order valence-corrected chi connectivity index (χ4v) is 2.01. The molecule has 0 bridgehead atoms. The Hall–Kier alpha value is -1.47. The van der Waals surface area contributed by atoms with Crippen LogP contribution in [0.4, 0.5) is 0 Å². The largest absolute Gasteiger partial charge is 0.239 e. The van der Waals surface area contributed by atoms with Crippen molar-refractivity contribution in [1.29, 1.82) is 0 Å². The Kier molecular flexibility index (Phi) is 5.73. The van der Waals surface area contributed by atoms with Crippen LogP contribution in [0.3, 0.4) is 0 Å². The van der Waals surface area contributed by atoms with Crippen molar-refractivity contribution in [3.63, 3.8) is 0 Å². The Morgan fingerprint density at radius 3 is 2.44 bits per heavy atom. The first-order chi connectivity index (χ1) is 8.54. The minimum Gasteiger partial charge on any atom is -0.224 e. The van der Waals surface area contributed by atoms with Crippen LogP contribution in [0, 0.1) is 12.0 Å². The molecule has 4 heteroatoms. The molecule has 1 aromatic rings. The van der Waals surface area contributed by atoms with Crippen molar-refractivity contribution in [2.75, 3.05) is 6.26 Å². The molecule has 0 radical (unpaired) electrons. The lowest BCUT2D eigenvalue weighted by Gasteiger charge is -2.14. The highest BCUT2D eigenvalue weighted by atomic mass is 32.2. The molecular formula is C14H19NO2S. The zero-order chi connectivity index (χ0) is 13.4. The van der Waals surface area contributed by atoms with Gasteiger partial charge in [-0.2, -0.15) is 0 Å². The molecule has 0 aliphatic rings. The average Bonchev–Trinajstić information content (AvgIpc) is 2.33. The fraction of sp³-hybridized carbons (Fsp3) is 0.429. The third kappa shape index (κ3) is 5.24. The molecule has 0 heterocycles. The highest BCUT2D eigenvalue weighted by molar-refractivity contribution is 7.88. The van der Waals surface area contributed by atoms with E-state index in [4.69, 9.17) is 0 Å². The second-order valence-electron chi connectivity index (χ2n) is 4.15. The molecule has 0 saturated carbocycles. The molecule has 0 aliphatic carbocycles. The predicted octanol–water partition coefficient (Wildman–Crippen LogP) is 2.60. The molecule has 0 fully saturated rings. The number of nitrogens with zero attached hydrogens (tertiary/aromatic N) is 1. The van der Waals surface area contributed by atoms with E-state index in [2.05, 4.69) is 18.9 Å². The van der Waals surface area contributed by atoms with E-state index in [1.807, 2.05) is 30.3 Å². The lowest BCUT2D eigenvalue weighted by molar-refractivity contribution is 0.514. The molecule has 0 saturated heterocycles. The van der Waals surface area contributed by atoms with Gasteiger partial charge >= 0.3 is 0 Å². The van der Waals surface area contributed by atoms with Crippen LogP contribution in [0.15, 0.2) is 30.3 Å². The number of rotatable bonds is 5. The van der Waals surface area contributed by atoms with Gasteiger partial charge in [-0.1, -0.05) is 49.6 Å². The summed E-state index contributed by atoms with van der Waals surface area (Å²) in [5, 5.41) is 0. The Labute approximate surface area is 110 Å². The Morgan fingerprint density at radius 2 is 1.89 bits per heavy atom. The summed E-state index contributed by atoms with van der Waals surface area (Å²) in [6.07, 6.45) is 3.98. The van der Waals surface area contributed by atoms with E-state index in [0.29, 0.717) is 6.54 Å². The van der Waals surface area contributed by atoms with Gasteiger partial charge in [-0.15, -0.1) is 0 Å². The standard InChI is InChI=1S/C14H19NO2S/c1-3-4-5-9-12-15(18(2,16)17)13-14-10-7-6-8-11-14/h6-8,10-11H,3-5,13H2,1-2H3.